The first-order valence-corrected chi connectivity index (χ1v) is 6.97. The molecular weight excluding hydrogens is 360 g/mol. The average Bonchev–Trinajstić information content (AvgIpc) is 2.20. The zero-order valence-electron chi connectivity index (χ0n) is 9.52. The maximum Gasteiger partial charge on any atom is 0.302 e. The lowest BCUT2D eigenvalue weighted by Crippen LogP contribution is -2.47. The third kappa shape index (κ3) is 4.93. The summed E-state index contributed by atoms with van der Waals surface area (Å²) in [4.78, 5) is 21.8. The van der Waals surface area contributed by atoms with Gasteiger partial charge >= 0.3 is 11.9 Å². The van der Waals surface area contributed by atoms with Gasteiger partial charge in [0, 0.05) is 20.3 Å². The molecular formula is C10H14Br2O5. The number of ether oxygens (including phenoxy) is 3. The molecule has 0 aromatic carbocycles. The lowest BCUT2D eigenvalue weighted by Gasteiger charge is -2.36. The van der Waals surface area contributed by atoms with Gasteiger partial charge in [-0.05, 0) is 0 Å². The minimum absolute atomic E-state index is 0.0421. The van der Waals surface area contributed by atoms with Crippen molar-refractivity contribution >= 4 is 43.8 Å². The standard InChI is InChI=1S/C10H14Br2O5/c1-5(13)15-4-9-8(16-6(2)14)3-7(11)10(12)17-9/h7-10H,3-4H2,1-2H3/t7-,8+,9-,10-/m1/s1. The van der Waals surface area contributed by atoms with Gasteiger partial charge in [-0.15, -0.1) is 0 Å². The van der Waals surface area contributed by atoms with Crippen LogP contribution in [-0.4, -0.2) is 40.6 Å². The van der Waals surface area contributed by atoms with Gasteiger partial charge in [-0.3, -0.25) is 9.59 Å². The molecule has 1 rings (SSSR count). The number of alkyl halides is 2. The molecule has 98 valence electrons. The second kappa shape index (κ2) is 6.70. The van der Waals surface area contributed by atoms with Gasteiger partial charge in [-0.2, -0.15) is 0 Å². The SMILES string of the molecule is CC(=O)OC[C@H]1O[C@@H](Br)[C@H](Br)C[C@@H]1OC(C)=O. The molecule has 0 bridgehead atoms. The molecule has 1 fully saturated rings. The van der Waals surface area contributed by atoms with Crippen LogP contribution >= 0.6 is 31.9 Å². The Morgan fingerprint density at radius 3 is 2.47 bits per heavy atom. The van der Waals surface area contributed by atoms with E-state index in [0.717, 1.165) is 0 Å². The first-order chi connectivity index (χ1) is 7.90. The highest BCUT2D eigenvalue weighted by Gasteiger charge is 2.38. The third-order valence-corrected chi connectivity index (χ3v) is 4.65. The molecule has 0 spiro atoms. The normalized spacial score (nSPS) is 32.9. The van der Waals surface area contributed by atoms with E-state index >= 15 is 0 Å². The van der Waals surface area contributed by atoms with Crippen molar-refractivity contribution in [3.8, 4) is 0 Å². The van der Waals surface area contributed by atoms with Crippen LogP contribution in [0.2, 0.25) is 0 Å². The van der Waals surface area contributed by atoms with E-state index in [2.05, 4.69) is 31.9 Å². The third-order valence-electron chi connectivity index (χ3n) is 2.23. The molecule has 0 aromatic rings. The van der Waals surface area contributed by atoms with E-state index < -0.39 is 12.2 Å². The van der Waals surface area contributed by atoms with Crippen LogP contribution in [-0.2, 0) is 23.8 Å². The van der Waals surface area contributed by atoms with Gasteiger partial charge in [-0.25, -0.2) is 0 Å². The van der Waals surface area contributed by atoms with Crippen molar-refractivity contribution in [2.45, 2.75) is 42.3 Å². The maximum absolute atomic E-state index is 11.0. The molecule has 1 saturated heterocycles. The molecule has 1 heterocycles. The van der Waals surface area contributed by atoms with E-state index in [1.165, 1.54) is 13.8 Å². The van der Waals surface area contributed by atoms with Crippen LogP contribution < -0.4 is 0 Å². The summed E-state index contributed by atoms with van der Waals surface area (Å²) in [5.74, 6) is -0.763. The molecule has 0 radical (unpaired) electrons. The van der Waals surface area contributed by atoms with Crippen molar-refractivity contribution in [2.24, 2.45) is 0 Å². The number of halogens is 2. The summed E-state index contributed by atoms with van der Waals surface area (Å²) in [5, 5.41) is -0.199. The van der Waals surface area contributed by atoms with E-state index in [1.807, 2.05) is 0 Å². The van der Waals surface area contributed by atoms with Crippen LogP contribution in [0, 0.1) is 0 Å². The zero-order valence-corrected chi connectivity index (χ0v) is 12.7. The van der Waals surface area contributed by atoms with E-state index in [0.29, 0.717) is 6.42 Å². The Hall–Kier alpha value is -0.140. The first kappa shape index (κ1) is 14.9. The summed E-state index contributed by atoms with van der Waals surface area (Å²) in [6.07, 6.45) is -0.257. The molecule has 0 aromatic heterocycles. The Morgan fingerprint density at radius 2 is 1.94 bits per heavy atom. The minimum Gasteiger partial charge on any atom is -0.463 e. The quantitative estimate of drug-likeness (QED) is 0.557. The lowest BCUT2D eigenvalue weighted by atomic mass is 10.1. The molecule has 0 N–H and O–H groups in total. The second-order valence-electron chi connectivity index (χ2n) is 3.73. The molecule has 5 nitrogen and oxygen atoms in total. The average molecular weight is 374 g/mol. The van der Waals surface area contributed by atoms with Crippen LogP contribution in [0.4, 0.5) is 0 Å². The van der Waals surface area contributed by atoms with Crippen molar-refractivity contribution in [1.29, 1.82) is 0 Å². The fourth-order valence-corrected chi connectivity index (χ4v) is 2.49. The van der Waals surface area contributed by atoms with Gasteiger partial charge in [0.25, 0.3) is 0 Å². The van der Waals surface area contributed by atoms with Gasteiger partial charge in [-0.1, -0.05) is 31.9 Å². The summed E-state index contributed by atoms with van der Waals surface area (Å²) in [7, 11) is 0. The zero-order chi connectivity index (χ0) is 13.0. The van der Waals surface area contributed by atoms with E-state index in [9.17, 15) is 9.59 Å². The smallest absolute Gasteiger partial charge is 0.302 e. The Bertz CT molecular complexity index is 296. The molecule has 17 heavy (non-hydrogen) atoms. The van der Waals surface area contributed by atoms with E-state index in [-0.39, 0.29) is 28.4 Å². The van der Waals surface area contributed by atoms with Crippen LogP contribution in [0.1, 0.15) is 20.3 Å². The van der Waals surface area contributed by atoms with Gasteiger partial charge in [0.1, 0.15) is 23.8 Å². The topological polar surface area (TPSA) is 61.8 Å². The molecule has 4 atom stereocenters. The molecule has 0 unspecified atom stereocenters. The Kier molecular flexibility index (Phi) is 5.88. The van der Waals surface area contributed by atoms with Gasteiger partial charge < -0.3 is 14.2 Å². The van der Waals surface area contributed by atoms with Gasteiger partial charge in [0.15, 0.2) is 0 Å². The highest BCUT2D eigenvalue weighted by atomic mass is 79.9. The number of carbonyl (C=O) groups excluding carboxylic acids is 2. The summed E-state index contributed by atoms with van der Waals surface area (Å²) < 4.78 is 15.6. The largest absolute Gasteiger partial charge is 0.463 e. The fourth-order valence-electron chi connectivity index (χ4n) is 1.50. The lowest BCUT2D eigenvalue weighted by molar-refractivity contribution is -0.171. The van der Waals surface area contributed by atoms with Crippen LogP contribution in [0.15, 0.2) is 0 Å². The Labute approximate surface area is 116 Å². The highest BCUT2D eigenvalue weighted by molar-refractivity contribution is 9.12. The number of hydrogen-bond acceptors (Lipinski definition) is 5. The Morgan fingerprint density at radius 1 is 1.29 bits per heavy atom. The van der Waals surface area contributed by atoms with Crippen LogP contribution in [0.5, 0.6) is 0 Å². The number of hydrogen-bond donors (Lipinski definition) is 0. The summed E-state index contributed by atoms with van der Waals surface area (Å²) in [5.41, 5.74) is 0. The van der Waals surface area contributed by atoms with E-state index in [4.69, 9.17) is 14.2 Å². The summed E-state index contributed by atoms with van der Waals surface area (Å²) in [6.45, 7) is 2.74. The predicted molar refractivity (Wildman–Crippen MR) is 67.1 cm³/mol. The molecule has 0 amide bonds. The molecule has 1 aliphatic heterocycles. The van der Waals surface area contributed by atoms with Gasteiger partial charge in [0.05, 0.1) is 4.83 Å². The molecule has 0 aliphatic carbocycles. The maximum atomic E-state index is 11.0. The van der Waals surface area contributed by atoms with Crippen molar-refractivity contribution < 1.29 is 23.8 Å². The van der Waals surface area contributed by atoms with Crippen LogP contribution in [0.3, 0.4) is 0 Å². The number of esters is 2. The summed E-state index contributed by atoms with van der Waals surface area (Å²) in [6, 6.07) is 0. The van der Waals surface area contributed by atoms with Crippen molar-refractivity contribution in [1.82, 2.24) is 0 Å². The molecule has 1 aliphatic rings. The highest BCUT2D eigenvalue weighted by Crippen LogP contribution is 2.31. The minimum atomic E-state index is -0.444. The van der Waals surface area contributed by atoms with E-state index in [1.54, 1.807) is 0 Å². The molecule has 7 heteroatoms. The van der Waals surface area contributed by atoms with Gasteiger partial charge in [0.2, 0.25) is 0 Å². The fraction of sp³-hybridized carbons (Fsp3) is 0.800. The van der Waals surface area contributed by atoms with Crippen molar-refractivity contribution in [2.75, 3.05) is 6.61 Å². The van der Waals surface area contributed by atoms with Crippen LogP contribution in [0.25, 0.3) is 0 Å². The van der Waals surface area contributed by atoms with Crippen molar-refractivity contribution in [3.63, 3.8) is 0 Å². The Balaban J connectivity index is 2.60. The second-order valence-corrected chi connectivity index (χ2v) is 5.81. The van der Waals surface area contributed by atoms with Crippen molar-refractivity contribution in [3.05, 3.63) is 0 Å². The number of carbonyl (C=O) groups is 2. The predicted octanol–water partition coefficient (Wildman–Crippen LogP) is 1.75. The summed E-state index contributed by atoms with van der Waals surface area (Å²) >= 11 is 6.77. The number of rotatable bonds is 3. The molecule has 0 saturated carbocycles. The first-order valence-electron chi connectivity index (χ1n) is 5.14. The monoisotopic (exact) mass is 372 g/mol.